The summed E-state index contributed by atoms with van der Waals surface area (Å²) in [7, 11) is 0. The van der Waals surface area contributed by atoms with Crippen LogP contribution in [0.1, 0.15) is 0 Å². The molecule has 6 heteroatoms. The SMILES string of the molecule is NC(=O)N1C(=O)OC1=O. The summed E-state index contributed by atoms with van der Waals surface area (Å²) in [6.07, 6.45) is -2.04. The second kappa shape index (κ2) is 1.44. The summed E-state index contributed by atoms with van der Waals surface area (Å²) in [5.41, 5.74) is 4.54. The van der Waals surface area contributed by atoms with E-state index in [-0.39, 0.29) is 4.90 Å². The zero-order chi connectivity index (χ0) is 7.02. The number of cyclic esters (lactones) is 2. The number of amides is 4. The van der Waals surface area contributed by atoms with E-state index in [0.717, 1.165) is 0 Å². The van der Waals surface area contributed by atoms with E-state index in [9.17, 15) is 14.4 Å². The number of carbonyl (C=O) groups excluding carboxylic acids is 3. The Bertz CT molecular complexity index is 173. The Kier molecular flexibility index (Phi) is 0.888. The van der Waals surface area contributed by atoms with Crippen molar-refractivity contribution in [1.82, 2.24) is 4.90 Å². The summed E-state index contributed by atoms with van der Waals surface area (Å²) in [5, 5.41) is 0. The molecule has 4 amide bonds. The van der Waals surface area contributed by atoms with E-state index in [1.807, 2.05) is 0 Å². The Morgan fingerprint density at radius 1 is 1.44 bits per heavy atom. The number of nitrogens with zero attached hydrogens (tertiary/aromatic N) is 1. The van der Waals surface area contributed by atoms with Gasteiger partial charge in [-0.05, 0) is 0 Å². The van der Waals surface area contributed by atoms with Gasteiger partial charge >= 0.3 is 18.2 Å². The smallest absolute Gasteiger partial charge is 0.358 e. The lowest BCUT2D eigenvalue weighted by molar-refractivity contribution is 0.0722. The predicted molar refractivity (Wildman–Crippen MR) is 23.3 cm³/mol. The number of nitrogens with two attached hydrogens (primary N) is 1. The maximum atomic E-state index is 10.1. The maximum absolute atomic E-state index is 10.1. The predicted octanol–water partition coefficient (Wildman–Crippen LogP) is -0.363. The van der Waals surface area contributed by atoms with Crippen LogP contribution in [0.3, 0.4) is 0 Å². The Morgan fingerprint density at radius 3 is 2.00 bits per heavy atom. The van der Waals surface area contributed by atoms with Gasteiger partial charge in [0.2, 0.25) is 0 Å². The molecule has 1 rings (SSSR count). The molecular formula is C3H2N2O4. The second-order valence-electron chi connectivity index (χ2n) is 1.31. The van der Waals surface area contributed by atoms with Crippen molar-refractivity contribution in [2.45, 2.75) is 0 Å². The van der Waals surface area contributed by atoms with Crippen LogP contribution < -0.4 is 5.73 Å². The quantitative estimate of drug-likeness (QED) is 0.453. The minimum Gasteiger partial charge on any atom is -0.358 e. The summed E-state index contributed by atoms with van der Waals surface area (Å²) in [6, 6.07) is -1.11. The van der Waals surface area contributed by atoms with Crippen LogP contribution in [0.15, 0.2) is 0 Å². The minimum atomic E-state index is -1.11. The first-order chi connectivity index (χ1) is 4.13. The lowest BCUT2D eigenvalue weighted by Gasteiger charge is -2.21. The van der Waals surface area contributed by atoms with Crippen molar-refractivity contribution in [2.75, 3.05) is 0 Å². The Labute approximate surface area is 49.2 Å². The van der Waals surface area contributed by atoms with Crippen molar-refractivity contribution in [3.05, 3.63) is 0 Å². The van der Waals surface area contributed by atoms with Crippen LogP contribution >= 0.6 is 0 Å². The fourth-order valence-corrected chi connectivity index (χ4v) is 0.381. The highest BCUT2D eigenvalue weighted by Crippen LogP contribution is 2.08. The number of urea groups is 1. The van der Waals surface area contributed by atoms with Crippen molar-refractivity contribution in [3.63, 3.8) is 0 Å². The first kappa shape index (κ1) is 5.54. The van der Waals surface area contributed by atoms with Gasteiger partial charge in [0.25, 0.3) is 0 Å². The van der Waals surface area contributed by atoms with Crippen molar-refractivity contribution in [2.24, 2.45) is 5.73 Å². The van der Waals surface area contributed by atoms with E-state index >= 15 is 0 Å². The number of ether oxygens (including phenoxy) is 1. The molecule has 0 radical (unpaired) electrons. The van der Waals surface area contributed by atoms with E-state index < -0.39 is 18.2 Å². The molecule has 0 aromatic rings. The topological polar surface area (TPSA) is 89.7 Å². The monoisotopic (exact) mass is 130 g/mol. The summed E-state index contributed by atoms with van der Waals surface area (Å²) in [5.74, 6) is 0. The molecule has 0 unspecified atom stereocenters. The normalized spacial score (nSPS) is 16.7. The van der Waals surface area contributed by atoms with Crippen LogP contribution in [0.4, 0.5) is 14.4 Å². The summed E-state index contributed by atoms with van der Waals surface area (Å²) >= 11 is 0. The lowest BCUT2D eigenvalue weighted by atomic mass is 10.7. The number of carbonyl (C=O) groups is 3. The largest absolute Gasteiger partial charge is 0.436 e. The van der Waals surface area contributed by atoms with Gasteiger partial charge in [-0.3, -0.25) is 0 Å². The van der Waals surface area contributed by atoms with Crippen LogP contribution in [0.25, 0.3) is 0 Å². The molecule has 0 aliphatic carbocycles. The summed E-state index contributed by atoms with van der Waals surface area (Å²) < 4.78 is 3.76. The van der Waals surface area contributed by atoms with Gasteiger partial charge in [-0.2, -0.15) is 0 Å². The molecule has 6 nitrogen and oxygen atoms in total. The van der Waals surface area contributed by atoms with Gasteiger partial charge in [0.1, 0.15) is 0 Å². The Hall–Kier alpha value is -1.59. The number of hydrogen-bond acceptors (Lipinski definition) is 4. The highest BCUT2D eigenvalue weighted by atomic mass is 16.7. The van der Waals surface area contributed by atoms with Crippen LogP contribution in [0.2, 0.25) is 0 Å². The molecule has 0 bridgehead atoms. The highest BCUT2D eigenvalue weighted by molar-refractivity contribution is 6.15. The van der Waals surface area contributed by atoms with Crippen LogP contribution in [0, 0.1) is 0 Å². The third kappa shape index (κ3) is 0.600. The van der Waals surface area contributed by atoms with E-state index in [0.29, 0.717) is 0 Å². The van der Waals surface area contributed by atoms with Crippen molar-refractivity contribution in [1.29, 1.82) is 0 Å². The molecule has 2 N–H and O–H groups in total. The fraction of sp³-hybridized carbons (Fsp3) is 0. The van der Waals surface area contributed by atoms with Crippen LogP contribution in [-0.2, 0) is 4.74 Å². The van der Waals surface area contributed by atoms with Gasteiger partial charge in [0.05, 0.1) is 0 Å². The third-order valence-electron chi connectivity index (χ3n) is 0.760. The first-order valence-corrected chi connectivity index (χ1v) is 1.98. The average Bonchev–Trinajstić information content (AvgIpc) is 1.62. The molecule has 0 aromatic heterocycles. The molecule has 0 atom stereocenters. The molecule has 0 spiro atoms. The lowest BCUT2D eigenvalue weighted by Crippen LogP contribution is -2.55. The van der Waals surface area contributed by atoms with Gasteiger partial charge in [-0.25, -0.2) is 14.4 Å². The number of rotatable bonds is 0. The molecule has 1 fully saturated rings. The molecule has 1 saturated heterocycles. The Morgan fingerprint density at radius 2 is 1.89 bits per heavy atom. The number of hydrogen-bond donors (Lipinski definition) is 1. The molecule has 1 aliphatic heterocycles. The van der Waals surface area contributed by atoms with Crippen LogP contribution in [-0.4, -0.2) is 23.1 Å². The molecule has 0 saturated carbocycles. The standard InChI is InChI=1S/C3H2N2O4/c4-1(6)5-2(7)9-3(5)8/h(H2,4,6). The molecular weight excluding hydrogens is 128 g/mol. The minimum absolute atomic E-state index is 0.194. The fourth-order valence-electron chi connectivity index (χ4n) is 0.381. The zero-order valence-electron chi connectivity index (χ0n) is 4.16. The van der Waals surface area contributed by atoms with Gasteiger partial charge in [-0.1, -0.05) is 0 Å². The van der Waals surface area contributed by atoms with Gasteiger partial charge in [-0.15, -0.1) is 4.90 Å². The molecule has 48 valence electrons. The summed E-state index contributed by atoms with van der Waals surface area (Å²) in [6.45, 7) is 0. The van der Waals surface area contributed by atoms with Gasteiger partial charge < -0.3 is 10.5 Å². The van der Waals surface area contributed by atoms with E-state index in [2.05, 4.69) is 10.5 Å². The van der Waals surface area contributed by atoms with Gasteiger partial charge in [0.15, 0.2) is 0 Å². The molecule has 9 heavy (non-hydrogen) atoms. The van der Waals surface area contributed by atoms with Crippen LogP contribution in [0.5, 0.6) is 0 Å². The number of imide groups is 3. The Balaban J connectivity index is 2.70. The third-order valence-corrected chi connectivity index (χ3v) is 0.760. The van der Waals surface area contributed by atoms with Crippen molar-refractivity contribution >= 4 is 18.2 Å². The van der Waals surface area contributed by atoms with Crippen molar-refractivity contribution < 1.29 is 19.1 Å². The van der Waals surface area contributed by atoms with E-state index in [1.54, 1.807) is 0 Å². The van der Waals surface area contributed by atoms with Crippen molar-refractivity contribution in [3.8, 4) is 0 Å². The second-order valence-corrected chi connectivity index (χ2v) is 1.31. The molecule has 1 heterocycles. The average molecular weight is 130 g/mol. The molecule has 1 aliphatic rings. The summed E-state index contributed by atoms with van der Waals surface area (Å²) in [4.78, 5) is 30.4. The zero-order valence-corrected chi connectivity index (χ0v) is 4.16. The number of primary amides is 1. The first-order valence-electron chi connectivity index (χ1n) is 1.98. The van der Waals surface area contributed by atoms with Gasteiger partial charge in [0, 0.05) is 0 Å². The van der Waals surface area contributed by atoms with E-state index in [4.69, 9.17) is 0 Å². The molecule has 0 aromatic carbocycles. The highest BCUT2D eigenvalue weighted by Gasteiger charge is 2.41. The van der Waals surface area contributed by atoms with E-state index in [1.165, 1.54) is 0 Å². The maximum Gasteiger partial charge on any atom is 0.436 e.